The number of ether oxygens (including phenoxy) is 2. The Morgan fingerprint density at radius 1 is 1.22 bits per heavy atom. The Kier molecular flexibility index (Phi) is 7.03. The number of nitrogens with one attached hydrogen (secondary N) is 1. The van der Waals surface area contributed by atoms with Gasteiger partial charge in [0.1, 0.15) is 11.5 Å². The lowest BCUT2D eigenvalue weighted by Crippen LogP contribution is -3.12. The lowest BCUT2D eigenvalue weighted by molar-refractivity contribution is -0.880. The number of likely N-dealkylation sites (N-methyl/N-ethyl adjacent to an activating group) is 1. The molecule has 1 atom stereocenters. The summed E-state index contributed by atoms with van der Waals surface area (Å²) in [6, 6.07) is 10.5. The van der Waals surface area contributed by atoms with E-state index in [9.17, 15) is 9.59 Å². The third kappa shape index (κ3) is 4.86. The van der Waals surface area contributed by atoms with E-state index in [1.165, 1.54) is 16.2 Å². The van der Waals surface area contributed by atoms with Crippen LogP contribution in [0, 0.1) is 0 Å². The average molecular weight is 524 g/mol. The molecule has 5 rings (SSSR count). The molecule has 0 spiro atoms. The fourth-order valence-electron chi connectivity index (χ4n) is 4.72. The number of benzene rings is 1. The summed E-state index contributed by atoms with van der Waals surface area (Å²) in [5.74, 6) is 1.62. The van der Waals surface area contributed by atoms with Gasteiger partial charge >= 0.3 is 5.97 Å². The topological polar surface area (TPSA) is 90.7 Å². The molecule has 37 heavy (non-hydrogen) atoms. The molecule has 0 amide bonds. The van der Waals surface area contributed by atoms with Crippen molar-refractivity contribution in [3.05, 3.63) is 78.7 Å². The first kappa shape index (κ1) is 25.0. The Morgan fingerprint density at radius 3 is 2.62 bits per heavy atom. The highest BCUT2D eigenvalue weighted by Crippen LogP contribution is 2.31. The van der Waals surface area contributed by atoms with E-state index in [0.29, 0.717) is 32.1 Å². The number of hydrogen-bond acceptors (Lipinski definition) is 8. The van der Waals surface area contributed by atoms with Gasteiger partial charge in [-0.3, -0.25) is 9.36 Å². The number of hydrogen-bond donors (Lipinski definition) is 1. The van der Waals surface area contributed by atoms with Gasteiger partial charge in [0.25, 0.3) is 5.56 Å². The molecule has 2 aliphatic heterocycles. The number of furan rings is 1. The van der Waals surface area contributed by atoms with Crippen LogP contribution in [0.2, 0.25) is 0 Å². The molecule has 1 saturated heterocycles. The molecule has 2 aliphatic rings. The average Bonchev–Trinajstić information content (AvgIpc) is 3.48. The Morgan fingerprint density at radius 2 is 1.95 bits per heavy atom. The van der Waals surface area contributed by atoms with Crippen LogP contribution < -0.4 is 29.4 Å². The molecular formula is C27H31N4O5S+. The zero-order valence-electron chi connectivity index (χ0n) is 21.4. The van der Waals surface area contributed by atoms with Crippen molar-refractivity contribution in [2.24, 2.45) is 4.99 Å². The van der Waals surface area contributed by atoms with Crippen LogP contribution in [0.1, 0.15) is 31.2 Å². The zero-order chi connectivity index (χ0) is 26.1. The number of methoxy groups -OCH3 is 1. The predicted molar refractivity (Wildman–Crippen MR) is 141 cm³/mol. The molecule has 3 aromatic rings. The number of esters is 1. The van der Waals surface area contributed by atoms with Gasteiger partial charge in [0.05, 0.1) is 68.8 Å². The number of piperazine rings is 1. The number of allylic oxidation sites excluding steroid dienone is 1. The number of aromatic nitrogens is 1. The molecule has 0 saturated carbocycles. The normalized spacial score (nSPS) is 18.5. The molecule has 10 heteroatoms. The summed E-state index contributed by atoms with van der Waals surface area (Å²) < 4.78 is 18.8. The first-order chi connectivity index (χ1) is 17.9. The Bertz CT molecular complexity index is 1510. The van der Waals surface area contributed by atoms with Gasteiger partial charge in [-0.15, -0.1) is 0 Å². The van der Waals surface area contributed by atoms with Crippen LogP contribution in [0.3, 0.4) is 0 Å². The second-order valence-corrected chi connectivity index (χ2v) is 10.2. The van der Waals surface area contributed by atoms with Crippen molar-refractivity contribution in [1.29, 1.82) is 0 Å². The van der Waals surface area contributed by atoms with Crippen LogP contribution >= 0.6 is 11.3 Å². The Labute approximate surface area is 218 Å². The quantitative estimate of drug-likeness (QED) is 0.480. The maximum Gasteiger partial charge on any atom is 0.338 e. The monoisotopic (exact) mass is 523 g/mol. The molecule has 0 radical (unpaired) electrons. The number of carbonyl (C=O) groups excluding carboxylic acids is 1. The van der Waals surface area contributed by atoms with Gasteiger partial charge in [-0.2, -0.15) is 0 Å². The van der Waals surface area contributed by atoms with Gasteiger partial charge in [-0.05, 0) is 37.6 Å². The highest BCUT2D eigenvalue weighted by molar-refractivity contribution is 7.07. The molecule has 0 unspecified atom stereocenters. The molecule has 2 aromatic heterocycles. The highest BCUT2D eigenvalue weighted by Gasteiger charge is 2.33. The summed E-state index contributed by atoms with van der Waals surface area (Å²) in [5, 5.41) is 0. The van der Waals surface area contributed by atoms with Crippen molar-refractivity contribution in [2.45, 2.75) is 19.9 Å². The number of quaternary nitrogens is 1. The van der Waals surface area contributed by atoms with Gasteiger partial charge in [0.2, 0.25) is 0 Å². The first-order valence-corrected chi connectivity index (χ1v) is 13.2. The van der Waals surface area contributed by atoms with E-state index < -0.39 is 12.0 Å². The lowest BCUT2D eigenvalue weighted by Gasteiger charge is -2.29. The summed E-state index contributed by atoms with van der Waals surface area (Å²) >= 11 is 1.28. The molecule has 194 valence electrons. The van der Waals surface area contributed by atoms with Crippen LogP contribution in [0.4, 0.5) is 5.88 Å². The fourth-order valence-corrected chi connectivity index (χ4v) is 5.75. The van der Waals surface area contributed by atoms with Gasteiger partial charge in [0.15, 0.2) is 10.7 Å². The van der Waals surface area contributed by atoms with Crippen molar-refractivity contribution in [3.63, 3.8) is 0 Å². The van der Waals surface area contributed by atoms with Crippen LogP contribution in [-0.2, 0) is 9.53 Å². The Hall–Kier alpha value is -3.63. The highest BCUT2D eigenvalue weighted by atomic mass is 32.1. The number of nitrogens with zero attached hydrogens (tertiary/aromatic N) is 3. The molecule has 1 fully saturated rings. The molecule has 4 heterocycles. The summed E-state index contributed by atoms with van der Waals surface area (Å²) in [6.07, 6.45) is 1.75. The maximum absolute atomic E-state index is 13.7. The molecule has 1 N–H and O–H groups in total. The molecule has 1 aromatic carbocycles. The van der Waals surface area contributed by atoms with Crippen molar-refractivity contribution in [2.75, 3.05) is 51.8 Å². The number of anilines is 1. The van der Waals surface area contributed by atoms with Gasteiger partial charge < -0.3 is 23.7 Å². The van der Waals surface area contributed by atoms with E-state index in [4.69, 9.17) is 13.9 Å². The van der Waals surface area contributed by atoms with Gasteiger partial charge in [-0.25, -0.2) is 9.79 Å². The SMILES string of the molecule is CCOC(=O)C1=C(C)N=c2s/c(=C\c3ccc(N4CC[NH+](C)CC4)o3)c(=O)n2[C@H]1c1ccc(OC)cc1. The van der Waals surface area contributed by atoms with E-state index in [2.05, 4.69) is 16.9 Å². The largest absolute Gasteiger partial charge is 0.497 e. The standard InChI is InChI=1S/C27H30N4O5S/c1-5-35-26(33)23-17(2)28-27-31(24(23)18-6-8-19(34-4)9-7-18)25(32)21(37-27)16-20-10-11-22(36-20)30-14-12-29(3)13-15-30/h6-11,16,24H,5,12-15H2,1-4H3/p+1/b21-16-/t24-/m0/s1. The fraction of sp³-hybridized carbons (Fsp3) is 0.370. The summed E-state index contributed by atoms with van der Waals surface area (Å²) in [4.78, 5) is 35.6. The molecule has 0 bridgehead atoms. The first-order valence-electron chi connectivity index (χ1n) is 12.4. The molecule has 9 nitrogen and oxygen atoms in total. The predicted octanol–water partition coefficient (Wildman–Crippen LogP) is 0.735. The van der Waals surface area contributed by atoms with Gasteiger partial charge in [-0.1, -0.05) is 23.5 Å². The van der Waals surface area contributed by atoms with Crippen molar-refractivity contribution in [3.8, 4) is 5.75 Å². The molecular weight excluding hydrogens is 492 g/mol. The lowest BCUT2D eigenvalue weighted by atomic mass is 9.96. The van der Waals surface area contributed by atoms with E-state index in [0.717, 1.165) is 37.6 Å². The summed E-state index contributed by atoms with van der Waals surface area (Å²) in [6.45, 7) is 7.73. The maximum atomic E-state index is 13.7. The second kappa shape index (κ2) is 10.4. The third-order valence-corrected chi connectivity index (χ3v) is 7.75. The number of carbonyl (C=O) groups is 1. The number of thiazole rings is 1. The summed E-state index contributed by atoms with van der Waals surface area (Å²) in [5.41, 5.74) is 1.41. The second-order valence-electron chi connectivity index (χ2n) is 9.20. The summed E-state index contributed by atoms with van der Waals surface area (Å²) in [7, 11) is 3.79. The van der Waals surface area contributed by atoms with Crippen LogP contribution in [0.15, 0.2) is 61.9 Å². The number of fused-ring (bicyclic) bond motifs is 1. The molecule has 0 aliphatic carbocycles. The van der Waals surface area contributed by atoms with Crippen LogP contribution in [0.5, 0.6) is 5.75 Å². The smallest absolute Gasteiger partial charge is 0.338 e. The number of rotatable bonds is 6. The van der Waals surface area contributed by atoms with Gasteiger partial charge in [0, 0.05) is 12.1 Å². The van der Waals surface area contributed by atoms with Crippen molar-refractivity contribution >= 4 is 29.3 Å². The minimum Gasteiger partial charge on any atom is -0.497 e. The minimum atomic E-state index is -0.664. The van der Waals surface area contributed by atoms with E-state index in [-0.39, 0.29) is 12.2 Å². The third-order valence-electron chi connectivity index (χ3n) is 6.76. The van der Waals surface area contributed by atoms with Crippen molar-refractivity contribution < 1.29 is 23.6 Å². The Balaban J connectivity index is 1.57. The van der Waals surface area contributed by atoms with Crippen LogP contribution in [-0.4, -0.2) is 57.5 Å². The van der Waals surface area contributed by atoms with Crippen LogP contribution in [0.25, 0.3) is 6.08 Å². The zero-order valence-corrected chi connectivity index (χ0v) is 22.3. The van der Waals surface area contributed by atoms with E-state index in [1.807, 2.05) is 36.4 Å². The van der Waals surface area contributed by atoms with Crippen molar-refractivity contribution in [1.82, 2.24) is 4.57 Å². The van der Waals surface area contributed by atoms with E-state index >= 15 is 0 Å². The van der Waals surface area contributed by atoms with E-state index in [1.54, 1.807) is 31.6 Å². The minimum absolute atomic E-state index is 0.227.